The average molecular weight is 474 g/mol. The average Bonchev–Trinajstić information content (AvgIpc) is 3.53. The maximum absolute atomic E-state index is 13.0. The molecular weight excluding hydrogens is 446 g/mol. The van der Waals surface area contributed by atoms with Crippen LogP contribution in [-0.2, 0) is 19.6 Å². The standard InChI is InChI=1S/C25H27N7O3/c33-25-19(9-18-10-22-23(35-16-34-22)11-21(18)27-25)14-31(13-17-5-4-8-26-12-17)15-24-28-29-30-32(24)20-6-2-1-3-7-20/h4-5,8-12,20H,1-3,6-7,13-16H2,(H,27,33). The van der Waals surface area contributed by atoms with Gasteiger partial charge in [0, 0.05) is 42.5 Å². The third kappa shape index (κ3) is 4.61. The van der Waals surface area contributed by atoms with Gasteiger partial charge in [0.25, 0.3) is 5.56 Å². The van der Waals surface area contributed by atoms with Gasteiger partial charge in [-0.15, -0.1) is 5.10 Å². The number of nitrogens with one attached hydrogen (secondary N) is 1. The van der Waals surface area contributed by atoms with Crippen molar-refractivity contribution in [3.63, 3.8) is 0 Å². The van der Waals surface area contributed by atoms with Crippen LogP contribution >= 0.6 is 0 Å². The lowest BCUT2D eigenvalue weighted by molar-refractivity contribution is 0.174. The van der Waals surface area contributed by atoms with E-state index in [1.807, 2.05) is 41.2 Å². The molecule has 1 aliphatic carbocycles. The molecule has 0 amide bonds. The highest BCUT2D eigenvalue weighted by Gasteiger charge is 2.22. The first-order valence-electron chi connectivity index (χ1n) is 12.1. The molecule has 10 heteroatoms. The Morgan fingerprint density at radius 1 is 1.06 bits per heavy atom. The minimum absolute atomic E-state index is 0.126. The number of H-pyrrole nitrogens is 1. The fourth-order valence-electron chi connectivity index (χ4n) is 5.04. The van der Waals surface area contributed by atoms with E-state index in [1.165, 1.54) is 19.3 Å². The number of rotatable bonds is 7. The van der Waals surface area contributed by atoms with E-state index in [2.05, 4.69) is 30.4 Å². The fourth-order valence-corrected chi connectivity index (χ4v) is 5.04. The zero-order chi connectivity index (χ0) is 23.6. The van der Waals surface area contributed by atoms with Crippen molar-refractivity contribution in [2.24, 2.45) is 0 Å². The van der Waals surface area contributed by atoms with Gasteiger partial charge in [0.05, 0.1) is 18.1 Å². The summed E-state index contributed by atoms with van der Waals surface area (Å²) in [6.07, 6.45) is 9.48. The summed E-state index contributed by atoms with van der Waals surface area (Å²) in [6.45, 7) is 1.77. The summed E-state index contributed by atoms with van der Waals surface area (Å²) in [7, 11) is 0. The first kappa shape index (κ1) is 21.7. The van der Waals surface area contributed by atoms with Crippen molar-refractivity contribution in [1.82, 2.24) is 35.1 Å². The molecule has 6 rings (SSSR count). The predicted molar refractivity (Wildman–Crippen MR) is 128 cm³/mol. The summed E-state index contributed by atoms with van der Waals surface area (Å²) < 4.78 is 13.0. The van der Waals surface area contributed by atoms with E-state index in [-0.39, 0.29) is 12.4 Å². The summed E-state index contributed by atoms with van der Waals surface area (Å²) in [5.74, 6) is 2.16. The molecular formula is C25H27N7O3. The lowest BCUT2D eigenvalue weighted by Crippen LogP contribution is -2.29. The van der Waals surface area contributed by atoms with Crippen LogP contribution in [0.1, 0.15) is 55.1 Å². The molecule has 1 aromatic carbocycles. The molecule has 0 radical (unpaired) electrons. The summed E-state index contributed by atoms with van der Waals surface area (Å²) in [4.78, 5) is 22.5. The number of hydrogen-bond acceptors (Lipinski definition) is 8. The van der Waals surface area contributed by atoms with Gasteiger partial charge in [-0.3, -0.25) is 14.7 Å². The molecule has 180 valence electrons. The largest absolute Gasteiger partial charge is 0.454 e. The van der Waals surface area contributed by atoms with E-state index in [0.717, 1.165) is 35.1 Å². The van der Waals surface area contributed by atoms with Gasteiger partial charge >= 0.3 is 0 Å². The number of nitrogens with zero attached hydrogens (tertiary/aromatic N) is 6. The molecule has 1 N–H and O–H groups in total. The summed E-state index contributed by atoms with van der Waals surface area (Å²) in [5.41, 5.74) is 2.32. The van der Waals surface area contributed by atoms with Crippen LogP contribution in [0.5, 0.6) is 11.5 Å². The molecule has 1 fully saturated rings. The van der Waals surface area contributed by atoms with Crippen LogP contribution in [0.2, 0.25) is 0 Å². The van der Waals surface area contributed by atoms with Gasteiger partial charge in [-0.1, -0.05) is 25.3 Å². The molecule has 0 atom stereocenters. The zero-order valence-corrected chi connectivity index (χ0v) is 19.4. The molecule has 1 aliphatic heterocycles. The van der Waals surface area contributed by atoms with E-state index in [9.17, 15) is 4.79 Å². The zero-order valence-electron chi connectivity index (χ0n) is 19.4. The summed E-state index contributed by atoms with van der Waals surface area (Å²) in [6, 6.07) is 9.94. The van der Waals surface area contributed by atoms with Crippen LogP contribution in [0.15, 0.2) is 47.5 Å². The molecule has 4 aromatic rings. The molecule has 1 saturated carbocycles. The van der Waals surface area contributed by atoms with Crippen LogP contribution in [-0.4, -0.2) is 41.9 Å². The van der Waals surface area contributed by atoms with E-state index in [0.29, 0.717) is 42.7 Å². The van der Waals surface area contributed by atoms with E-state index >= 15 is 0 Å². The lowest BCUT2D eigenvalue weighted by Gasteiger charge is -2.25. The number of ether oxygens (including phenoxy) is 2. The topological polar surface area (TPSA) is 111 Å². The Hall–Kier alpha value is -3.79. The Morgan fingerprint density at radius 3 is 2.74 bits per heavy atom. The van der Waals surface area contributed by atoms with Crippen molar-refractivity contribution in [3.8, 4) is 11.5 Å². The quantitative estimate of drug-likeness (QED) is 0.435. The number of benzene rings is 1. The van der Waals surface area contributed by atoms with Gasteiger partial charge in [-0.05, 0) is 47.0 Å². The molecule has 0 bridgehead atoms. The van der Waals surface area contributed by atoms with Crippen molar-refractivity contribution in [2.75, 3.05) is 6.79 Å². The van der Waals surface area contributed by atoms with Gasteiger partial charge < -0.3 is 14.5 Å². The lowest BCUT2D eigenvalue weighted by atomic mass is 9.95. The maximum Gasteiger partial charge on any atom is 0.252 e. The number of aromatic amines is 1. The summed E-state index contributed by atoms with van der Waals surface area (Å²) >= 11 is 0. The van der Waals surface area contributed by atoms with Crippen molar-refractivity contribution in [2.45, 2.75) is 57.8 Å². The van der Waals surface area contributed by atoms with Crippen molar-refractivity contribution in [3.05, 3.63) is 70.0 Å². The molecule has 10 nitrogen and oxygen atoms in total. The third-order valence-corrected chi connectivity index (χ3v) is 6.78. The van der Waals surface area contributed by atoms with Crippen molar-refractivity contribution in [1.29, 1.82) is 0 Å². The smallest absolute Gasteiger partial charge is 0.252 e. The third-order valence-electron chi connectivity index (χ3n) is 6.78. The number of hydrogen-bond donors (Lipinski definition) is 1. The second-order valence-corrected chi connectivity index (χ2v) is 9.25. The summed E-state index contributed by atoms with van der Waals surface area (Å²) in [5, 5.41) is 13.6. The Bertz CT molecular complexity index is 1380. The Morgan fingerprint density at radius 2 is 1.91 bits per heavy atom. The van der Waals surface area contributed by atoms with Crippen molar-refractivity contribution >= 4 is 10.9 Å². The SMILES string of the molecule is O=c1[nH]c2cc3c(cc2cc1CN(Cc1cccnc1)Cc1nnnn1C1CCCCC1)OCO3. The van der Waals surface area contributed by atoms with Gasteiger partial charge in [-0.25, -0.2) is 4.68 Å². The monoisotopic (exact) mass is 473 g/mol. The fraction of sp³-hybridized carbons (Fsp3) is 0.400. The Balaban J connectivity index is 1.31. The van der Waals surface area contributed by atoms with Gasteiger partial charge in [0.15, 0.2) is 17.3 Å². The number of tetrazole rings is 1. The van der Waals surface area contributed by atoms with Gasteiger partial charge in [0.2, 0.25) is 6.79 Å². The first-order valence-corrected chi connectivity index (χ1v) is 12.1. The highest BCUT2D eigenvalue weighted by Crippen LogP contribution is 2.35. The first-order chi connectivity index (χ1) is 17.2. The molecule has 35 heavy (non-hydrogen) atoms. The van der Waals surface area contributed by atoms with Crippen molar-refractivity contribution < 1.29 is 9.47 Å². The highest BCUT2D eigenvalue weighted by molar-refractivity contribution is 5.83. The molecule has 0 saturated heterocycles. The molecule has 4 heterocycles. The minimum atomic E-state index is -0.126. The number of pyridine rings is 2. The molecule has 0 spiro atoms. The van der Waals surface area contributed by atoms with E-state index < -0.39 is 0 Å². The van der Waals surface area contributed by atoms with Crippen LogP contribution in [0, 0.1) is 0 Å². The Kier molecular flexibility index (Phi) is 5.87. The van der Waals surface area contributed by atoms with E-state index in [4.69, 9.17) is 9.47 Å². The predicted octanol–water partition coefficient (Wildman–Crippen LogP) is 3.35. The second-order valence-electron chi connectivity index (χ2n) is 9.25. The van der Waals surface area contributed by atoms with Crippen LogP contribution in [0.4, 0.5) is 0 Å². The van der Waals surface area contributed by atoms with E-state index in [1.54, 1.807) is 6.20 Å². The second kappa shape index (κ2) is 9.46. The highest BCUT2D eigenvalue weighted by atomic mass is 16.7. The number of fused-ring (bicyclic) bond motifs is 2. The maximum atomic E-state index is 13.0. The van der Waals surface area contributed by atoms with Gasteiger partial charge in [0.1, 0.15) is 0 Å². The molecule has 2 aliphatic rings. The van der Waals surface area contributed by atoms with Gasteiger partial charge in [-0.2, -0.15) is 0 Å². The van der Waals surface area contributed by atoms with Crippen LogP contribution < -0.4 is 15.0 Å². The number of aromatic nitrogens is 6. The normalized spacial score (nSPS) is 15.8. The van der Waals surface area contributed by atoms with Crippen LogP contribution in [0.3, 0.4) is 0 Å². The molecule has 3 aromatic heterocycles. The van der Waals surface area contributed by atoms with Crippen LogP contribution in [0.25, 0.3) is 10.9 Å². The Labute approximate surface area is 201 Å². The molecule has 0 unspecified atom stereocenters. The minimum Gasteiger partial charge on any atom is -0.454 e.